The van der Waals surface area contributed by atoms with Crippen molar-refractivity contribution in [3.8, 4) is 0 Å². The lowest BCUT2D eigenvalue weighted by molar-refractivity contribution is -0.192. The van der Waals surface area contributed by atoms with Crippen molar-refractivity contribution < 1.29 is 42.2 Å². The number of carbonyl (C=O) groups excluding carboxylic acids is 3. The van der Waals surface area contributed by atoms with Crippen LogP contribution in [0.3, 0.4) is 0 Å². The van der Waals surface area contributed by atoms with Gasteiger partial charge in [0.15, 0.2) is 0 Å². The van der Waals surface area contributed by atoms with Gasteiger partial charge in [-0.05, 0) is 37.0 Å². The van der Waals surface area contributed by atoms with E-state index in [0.29, 0.717) is 24.5 Å². The summed E-state index contributed by atoms with van der Waals surface area (Å²) in [6, 6.07) is 7.12. The van der Waals surface area contributed by atoms with Crippen LogP contribution in [0.15, 0.2) is 24.3 Å². The van der Waals surface area contributed by atoms with E-state index < -0.39 is 24.2 Å². The number of aliphatic carboxylic acids is 1. The van der Waals surface area contributed by atoms with Crippen molar-refractivity contribution in [1.82, 2.24) is 15.1 Å². The second-order valence-electron chi connectivity index (χ2n) is 10.2. The molecule has 1 saturated heterocycles. The van der Waals surface area contributed by atoms with Gasteiger partial charge in [-0.1, -0.05) is 56.8 Å². The van der Waals surface area contributed by atoms with Gasteiger partial charge < -0.3 is 19.6 Å². The number of methoxy groups -OCH3 is 1. The molecular formula is C27H37ClF3N3O6. The number of carbonyl (C=O) groups is 4. The van der Waals surface area contributed by atoms with Gasteiger partial charge in [0.25, 0.3) is 0 Å². The van der Waals surface area contributed by atoms with Gasteiger partial charge in [-0.15, -0.1) is 0 Å². The lowest BCUT2D eigenvalue weighted by Gasteiger charge is -2.50. The summed E-state index contributed by atoms with van der Waals surface area (Å²) in [6.07, 6.45) is 0.982. The molecule has 40 heavy (non-hydrogen) atoms. The van der Waals surface area contributed by atoms with Gasteiger partial charge >= 0.3 is 18.1 Å². The van der Waals surface area contributed by atoms with E-state index in [9.17, 15) is 27.6 Å². The number of amides is 2. The molecule has 1 heterocycles. The minimum Gasteiger partial charge on any atom is -0.475 e. The summed E-state index contributed by atoms with van der Waals surface area (Å²) in [5.41, 5.74) is 0.950. The van der Waals surface area contributed by atoms with Gasteiger partial charge in [-0.3, -0.25) is 19.7 Å². The Hall–Kier alpha value is -2.86. The molecule has 2 N–H and O–H groups in total. The minimum atomic E-state index is -5.08. The van der Waals surface area contributed by atoms with Gasteiger partial charge in [-0.2, -0.15) is 13.2 Å². The van der Waals surface area contributed by atoms with Crippen LogP contribution in [0.1, 0.15) is 51.5 Å². The fourth-order valence-electron chi connectivity index (χ4n) is 4.73. The molecule has 1 aromatic carbocycles. The highest BCUT2D eigenvalue weighted by molar-refractivity contribution is 6.30. The van der Waals surface area contributed by atoms with E-state index in [1.807, 2.05) is 26.0 Å². The molecule has 13 heteroatoms. The Balaban J connectivity index is 0.000000708. The first-order valence-electron chi connectivity index (χ1n) is 13.2. The van der Waals surface area contributed by atoms with Crippen molar-refractivity contribution in [2.24, 2.45) is 5.92 Å². The summed E-state index contributed by atoms with van der Waals surface area (Å²) in [5, 5.41) is 10.8. The molecule has 1 aliphatic carbocycles. The van der Waals surface area contributed by atoms with E-state index in [0.717, 1.165) is 31.2 Å². The molecule has 1 unspecified atom stereocenters. The summed E-state index contributed by atoms with van der Waals surface area (Å²) >= 11 is 5.99. The maximum absolute atomic E-state index is 13.3. The molecule has 2 amide bonds. The fraction of sp³-hybridized carbons (Fsp3) is 0.630. The highest BCUT2D eigenvalue weighted by Crippen LogP contribution is 2.29. The highest BCUT2D eigenvalue weighted by Gasteiger charge is 2.42. The van der Waals surface area contributed by atoms with Crippen molar-refractivity contribution in [1.29, 1.82) is 0 Å². The van der Waals surface area contributed by atoms with Crippen LogP contribution in [0.25, 0.3) is 0 Å². The van der Waals surface area contributed by atoms with E-state index in [-0.39, 0.29) is 36.4 Å². The molecule has 1 aliphatic heterocycles. The predicted molar refractivity (Wildman–Crippen MR) is 142 cm³/mol. The monoisotopic (exact) mass is 591 g/mol. The standard InChI is InChI=1S/C25H36ClN3O4.C2HF3O2/c1-17(2)24(31)29(20-7-5-4-6-8-20)21-15-28(16-21)25(32)22(27-14-23(30)33-3)13-18-9-11-19(26)12-10-18;3-2(4,5)1(6)7/h9-12,17,20-22,27H,4-8,13-16H2,1-3H3;(H,6,7). The zero-order valence-corrected chi connectivity index (χ0v) is 23.6. The van der Waals surface area contributed by atoms with Crippen LogP contribution in [0.5, 0.6) is 0 Å². The average molecular weight is 592 g/mol. The lowest BCUT2D eigenvalue weighted by atomic mass is 9.90. The third-order valence-electron chi connectivity index (χ3n) is 6.90. The van der Waals surface area contributed by atoms with Crippen molar-refractivity contribution >= 4 is 35.4 Å². The maximum atomic E-state index is 13.3. The molecule has 224 valence electrons. The van der Waals surface area contributed by atoms with Gasteiger partial charge in [0, 0.05) is 30.1 Å². The number of benzene rings is 1. The number of esters is 1. The van der Waals surface area contributed by atoms with Crippen LogP contribution in [0.4, 0.5) is 13.2 Å². The molecule has 0 radical (unpaired) electrons. The number of likely N-dealkylation sites (tertiary alicyclic amines) is 1. The number of rotatable bonds is 9. The Labute approximate surface area is 237 Å². The number of carboxylic acid groups (broad SMARTS) is 1. The number of nitrogens with one attached hydrogen (secondary N) is 1. The number of nitrogens with zero attached hydrogens (tertiary/aromatic N) is 2. The molecule has 2 fully saturated rings. The zero-order chi connectivity index (χ0) is 30.0. The largest absolute Gasteiger partial charge is 0.490 e. The maximum Gasteiger partial charge on any atom is 0.490 e. The topological polar surface area (TPSA) is 116 Å². The average Bonchev–Trinajstić information content (AvgIpc) is 2.88. The summed E-state index contributed by atoms with van der Waals surface area (Å²) in [7, 11) is 1.33. The Morgan fingerprint density at radius 3 is 2.10 bits per heavy atom. The van der Waals surface area contributed by atoms with Crippen LogP contribution in [0.2, 0.25) is 5.02 Å². The Morgan fingerprint density at radius 2 is 1.62 bits per heavy atom. The first kappa shape index (κ1) is 33.3. The van der Waals surface area contributed by atoms with Crippen molar-refractivity contribution in [2.75, 3.05) is 26.7 Å². The predicted octanol–water partition coefficient (Wildman–Crippen LogP) is 3.68. The summed E-state index contributed by atoms with van der Waals surface area (Å²) < 4.78 is 36.5. The zero-order valence-electron chi connectivity index (χ0n) is 22.9. The van der Waals surface area contributed by atoms with Gasteiger partial charge in [0.2, 0.25) is 11.8 Å². The highest BCUT2D eigenvalue weighted by atomic mass is 35.5. The van der Waals surface area contributed by atoms with E-state index in [2.05, 4.69) is 10.2 Å². The van der Waals surface area contributed by atoms with E-state index in [4.69, 9.17) is 26.2 Å². The normalized spacial score (nSPS) is 16.9. The Kier molecular flexibility index (Phi) is 12.7. The molecular weight excluding hydrogens is 555 g/mol. The van der Waals surface area contributed by atoms with E-state index >= 15 is 0 Å². The molecule has 0 spiro atoms. The van der Waals surface area contributed by atoms with Crippen LogP contribution < -0.4 is 5.32 Å². The molecule has 3 rings (SSSR count). The summed E-state index contributed by atoms with van der Waals surface area (Å²) in [6.45, 7) is 4.91. The van der Waals surface area contributed by atoms with Gasteiger partial charge in [0.05, 0.1) is 25.7 Å². The van der Waals surface area contributed by atoms with Gasteiger partial charge in [-0.25, -0.2) is 4.79 Å². The molecule has 0 bridgehead atoms. The van der Waals surface area contributed by atoms with Crippen LogP contribution in [-0.2, 0) is 30.3 Å². The van der Waals surface area contributed by atoms with Crippen LogP contribution in [-0.4, -0.2) is 89.7 Å². The third kappa shape index (κ3) is 9.96. The quantitative estimate of drug-likeness (QED) is 0.421. The van der Waals surface area contributed by atoms with Crippen LogP contribution in [0, 0.1) is 5.92 Å². The van der Waals surface area contributed by atoms with Crippen LogP contribution >= 0.6 is 11.6 Å². The van der Waals surface area contributed by atoms with Crippen molar-refractivity contribution in [3.05, 3.63) is 34.9 Å². The number of hydrogen-bond donors (Lipinski definition) is 2. The van der Waals surface area contributed by atoms with Gasteiger partial charge in [0.1, 0.15) is 0 Å². The minimum absolute atomic E-state index is 0.0438. The van der Waals surface area contributed by atoms with E-state index in [1.54, 1.807) is 17.0 Å². The number of carboxylic acids is 1. The smallest absolute Gasteiger partial charge is 0.475 e. The molecule has 2 aliphatic rings. The molecule has 1 saturated carbocycles. The Morgan fingerprint density at radius 1 is 1.07 bits per heavy atom. The molecule has 0 aromatic heterocycles. The second kappa shape index (κ2) is 15.2. The number of ether oxygens (including phenoxy) is 1. The van der Waals surface area contributed by atoms with E-state index in [1.165, 1.54) is 13.5 Å². The number of alkyl halides is 3. The third-order valence-corrected chi connectivity index (χ3v) is 7.15. The lowest BCUT2D eigenvalue weighted by Crippen LogP contribution is -2.67. The number of halogens is 4. The SMILES string of the molecule is COC(=O)CNC(Cc1ccc(Cl)cc1)C(=O)N1CC(N(C(=O)C(C)C)C2CCCCC2)C1.O=C(O)C(F)(F)F. The molecule has 9 nitrogen and oxygen atoms in total. The first-order valence-corrected chi connectivity index (χ1v) is 13.6. The van der Waals surface area contributed by atoms with Crippen molar-refractivity contribution in [3.63, 3.8) is 0 Å². The first-order chi connectivity index (χ1) is 18.7. The summed E-state index contributed by atoms with van der Waals surface area (Å²) in [5.74, 6) is -3.12. The second-order valence-corrected chi connectivity index (χ2v) is 10.7. The Bertz CT molecular complexity index is 1010. The fourth-order valence-corrected chi connectivity index (χ4v) is 4.85. The summed E-state index contributed by atoms with van der Waals surface area (Å²) in [4.78, 5) is 50.8. The number of hydrogen-bond acceptors (Lipinski definition) is 6. The molecule has 1 atom stereocenters. The van der Waals surface area contributed by atoms with Crippen molar-refractivity contribution in [2.45, 2.75) is 76.7 Å². The molecule has 1 aromatic rings.